The second-order valence-electron chi connectivity index (χ2n) is 5.89. The third kappa shape index (κ3) is 3.72. The molecular formula is C16H24N2O. The quantitative estimate of drug-likeness (QED) is 0.903. The van der Waals surface area contributed by atoms with Gasteiger partial charge in [-0.1, -0.05) is 25.8 Å². The second kappa shape index (κ2) is 6.09. The molecule has 0 heterocycles. The second-order valence-corrected chi connectivity index (χ2v) is 5.89. The number of carbonyl (C=O) groups excluding carboxylic acids is 1. The monoisotopic (exact) mass is 260 g/mol. The molecule has 3 nitrogen and oxygen atoms in total. The molecule has 19 heavy (non-hydrogen) atoms. The molecule has 0 saturated heterocycles. The average molecular weight is 260 g/mol. The van der Waals surface area contributed by atoms with Crippen LogP contribution >= 0.6 is 0 Å². The minimum Gasteiger partial charge on any atom is -0.382 e. The van der Waals surface area contributed by atoms with Gasteiger partial charge in [0.15, 0.2) is 0 Å². The largest absolute Gasteiger partial charge is 0.382 e. The van der Waals surface area contributed by atoms with Crippen LogP contribution in [0.1, 0.15) is 43.0 Å². The van der Waals surface area contributed by atoms with Gasteiger partial charge in [-0.2, -0.15) is 0 Å². The maximum atomic E-state index is 11.9. The van der Waals surface area contributed by atoms with E-state index < -0.39 is 0 Å². The van der Waals surface area contributed by atoms with E-state index in [0.717, 1.165) is 17.2 Å². The average Bonchev–Trinajstić information content (AvgIpc) is 2.38. The van der Waals surface area contributed by atoms with Gasteiger partial charge in [0, 0.05) is 31.4 Å². The lowest BCUT2D eigenvalue weighted by atomic mass is 9.87. The molecule has 2 unspecified atom stereocenters. The molecule has 1 N–H and O–H groups in total. The standard InChI is InChI=1S/C16H24N2O/c1-12-6-4-8-14(10-12)17-15-9-5-7-13(11-15)16(19)18(2)3/h5,7,9,11-12,14,17H,4,6,8,10H2,1-3H3. The first-order chi connectivity index (χ1) is 9.06. The highest BCUT2D eigenvalue weighted by Crippen LogP contribution is 2.26. The summed E-state index contributed by atoms with van der Waals surface area (Å²) >= 11 is 0. The van der Waals surface area contributed by atoms with Crippen LogP contribution in [0.15, 0.2) is 24.3 Å². The molecule has 0 radical (unpaired) electrons. The highest BCUT2D eigenvalue weighted by Gasteiger charge is 2.18. The maximum Gasteiger partial charge on any atom is 0.253 e. The summed E-state index contributed by atoms with van der Waals surface area (Å²) in [4.78, 5) is 13.6. The number of rotatable bonds is 3. The summed E-state index contributed by atoms with van der Waals surface area (Å²) in [6, 6.07) is 8.38. The van der Waals surface area contributed by atoms with E-state index in [4.69, 9.17) is 0 Å². The number of hydrogen-bond acceptors (Lipinski definition) is 2. The number of amides is 1. The Balaban J connectivity index is 2.04. The number of benzene rings is 1. The molecule has 3 heteroatoms. The van der Waals surface area contributed by atoms with Gasteiger partial charge in [0.1, 0.15) is 0 Å². The number of hydrogen-bond donors (Lipinski definition) is 1. The molecule has 104 valence electrons. The number of anilines is 1. The van der Waals surface area contributed by atoms with Crippen LogP contribution in [0.25, 0.3) is 0 Å². The maximum absolute atomic E-state index is 11.9. The Kier molecular flexibility index (Phi) is 4.46. The Bertz CT molecular complexity index is 442. The Labute approximate surface area is 116 Å². The highest BCUT2D eigenvalue weighted by molar-refractivity contribution is 5.94. The minimum absolute atomic E-state index is 0.0562. The predicted octanol–water partition coefficient (Wildman–Crippen LogP) is 3.38. The van der Waals surface area contributed by atoms with Crippen molar-refractivity contribution in [2.75, 3.05) is 19.4 Å². The van der Waals surface area contributed by atoms with E-state index in [-0.39, 0.29) is 5.91 Å². The zero-order valence-corrected chi connectivity index (χ0v) is 12.1. The summed E-state index contributed by atoms with van der Waals surface area (Å²) in [5, 5.41) is 3.57. The fourth-order valence-electron chi connectivity index (χ4n) is 2.80. The van der Waals surface area contributed by atoms with Gasteiger partial charge in [-0.15, -0.1) is 0 Å². The summed E-state index contributed by atoms with van der Waals surface area (Å²) in [7, 11) is 3.57. The molecule has 1 saturated carbocycles. The molecule has 2 rings (SSSR count). The zero-order chi connectivity index (χ0) is 13.8. The lowest BCUT2D eigenvalue weighted by molar-refractivity contribution is 0.0827. The van der Waals surface area contributed by atoms with E-state index in [1.807, 2.05) is 24.3 Å². The lowest BCUT2D eigenvalue weighted by Gasteiger charge is -2.28. The molecule has 1 aromatic rings. The molecule has 0 spiro atoms. The van der Waals surface area contributed by atoms with Gasteiger partial charge in [0.25, 0.3) is 5.91 Å². The fraction of sp³-hybridized carbons (Fsp3) is 0.562. The first-order valence-electron chi connectivity index (χ1n) is 7.14. The van der Waals surface area contributed by atoms with Gasteiger partial charge in [0.05, 0.1) is 0 Å². The van der Waals surface area contributed by atoms with E-state index in [2.05, 4.69) is 12.2 Å². The van der Waals surface area contributed by atoms with E-state index in [0.29, 0.717) is 6.04 Å². The van der Waals surface area contributed by atoms with Gasteiger partial charge >= 0.3 is 0 Å². The molecule has 0 aliphatic heterocycles. The Morgan fingerprint density at radius 3 is 2.79 bits per heavy atom. The number of carbonyl (C=O) groups is 1. The summed E-state index contributed by atoms with van der Waals surface area (Å²) in [6.45, 7) is 2.32. The van der Waals surface area contributed by atoms with Gasteiger partial charge in [-0.25, -0.2) is 0 Å². The van der Waals surface area contributed by atoms with Crippen molar-refractivity contribution in [3.63, 3.8) is 0 Å². The van der Waals surface area contributed by atoms with Crippen LogP contribution < -0.4 is 5.32 Å². The highest BCUT2D eigenvalue weighted by atomic mass is 16.2. The van der Waals surface area contributed by atoms with Crippen molar-refractivity contribution in [1.82, 2.24) is 4.90 Å². The van der Waals surface area contributed by atoms with Crippen LogP contribution in [0.3, 0.4) is 0 Å². The van der Waals surface area contributed by atoms with Crippen molar-refractivity contribution in [2.45, 2.75) is 38.6 Å². The third-order valence-corrected chi connectivity index (χ3v) is 3.82. The SMILES string of the molecule is CC1CCCC(Nc2cccc(C(=O)N(C)C)c2)C1. The van der Waals surface area contributed by atoms with Gasteiger partial charge in [-0.3, -0.25) is 4.79 Å². The molecule has 0 bridgehead atoms. The van der Waals surface area contributed by atoms with Crippen LogP contribution in [0, 0.1) is 5.92 Å². The molecule has 2 atom stereocenters. The lowest BCUT2D eigenvalue weighted by Crippen LogP contribution is -2.26. The van der Waals surface area contributed by atoms with Crippen LogP contribution in [-0.4, -0.2) is 30.9 Å². The van der Waals surface area contributed by atoms with Crippen molar-refractivity contribution < 1.29 is 4.79 Å². The van der Waals surface area contributed by atoms with Crippen LogP contribution in [-0.2, 0) is 0 Å². The van der Waals surface area contributed by atoms with Gasteiger partial charge in [0.2, 0.25) is 0 Å². The molecule has 1 aliphatic rings. The first-order valence-corrected chi connectivity index (χ1v) is 7.14. The first kappa shape index (κ1) is 13.9. The van der Waals surface area contributed by atoms with E-state index in [1.54, 1.807) is 19.0 Å². The van der Waals surface area contributed by atoms with Crippen molar-refractivity contribution >= 4 is 11.6 Å². The van der Waals surface area contributed by atoms with Gasteiger partial charge in [-0.05, 0) is 37.0 Å². The van der Waals surface area contributed by atoms with Crippen LogP contribution in [0.2, 0.25) is 0 Å². The van der Waals surface area contributed by atoms with Crippen molar-refractivity contribution in [2.24, 2.45) is 5.92 Å². The molecular weight excluding hydrogens is 236 g/mol. The number of nitrogens with one attached hydrogen (secondary N) is 1. The van der Waals surface area contributed by atoms with Crippen molar-refractivity contribution in [3.8, 4) is 0 Å². The van der Waals surface area contributed by atoms with E-state index in [1.165, 1.54) is 25.7 Å². The fourth-order valence-corrected chi connectivity index (χ4v) is 2.80. The minimum atomic E-state index is 0.0562. The van der Waals surface area contributed by atoms with Gasteiger partial charge < -0.3 is 10.2 Å². The Morgan fingerprint density at radius 1 is 1.32 bits per heavy atom. The summed E-state index contributed by atoms with van der Waals surface area (Å²) in [5.41, 5.74) is 1.81. The molecule has 1 amide bonds. The summed E-state index contributed by atoms with van der Waals surface area (Å²) in [5.74, 6) is 0.860. The van der Waals surface area contributed by atoms with E-state index >= 15 is 0 Å². The smallest absolute Gasteiger partial charge is 0.253 e. The predicted molar refractivity (Wildman–Crippen MR) is 79.5 cm³/mol. The van der Waals surface area contributed by atoms with E-state index in [9.17, 15) is 4.79 Å². The van der Waals surface area contributed by atoms with Crippen molar-refractivity contribution in [1.29, 1.82) is 0 Å². The molecule has 1 aromatic carbocycles. The zero-order valence-electron chi connectivity index (χ0n) is 12.1. The number of nitrogens with zero attached hydrogens (tertiary/aromatic N) is 1. The van der Waals surface area contributed by atoms with Crippen LogP contribution in [0.4, 0.5) is 5.69 Å². The Hall–Kier alpha value is -1.51. The normalized spacial score (nSPS) is 22.9. The third-order valence-electron chi connectivity index (χ3n) is 3.82. The molecule has 0 aromatic heterocycles. The molecule has 1 aliphatic carbocycles. The summed E-state index contributed by atoms with van der Waals surface area (Å²) in [6.07, 6.45) is 5.11. The molecule has 1 fully saturated rings. The Morgan fingerprint density at radius 2 is 2.11 bits per heavy atom. The summed E-state index contributed by atoms with van der Waals surface area (Å²) < 4.78 is 0. The van der Waals surface area contributed by atoms with Crippen LogP contribution in [0.5, 0.6) is 0 Å². The van der Waals surface area contributed by atoms with Crippen molar-refractivity contribution in [3.05, 3.63) is 29.8 Å². The topological polar surface area (TPSA) is 32.3 Å².